The lowest BCUT2D eigenvalue weighted by Gasteiger charge is -2.34. The fourth-order valence-corrected chi connectivity index (χ4v) is 2.42. The molecule has 110 valence electrons. The standard InChI is InChI=1S/C18H20O3/c1-3-4-12-15-16(19)18(20,17(15)21-2)13-8-11-14-9-6-5-7-10-14/h5-7,9-10,20H,3-4,11-12H2,1-2H3. The summed E-state index contributed by atoms with van der Waals surface area (Å²) >= 11 is 0. The molecule has 0 aliphatic heterocycles. The van der Waals surface area contributed by atoms with Crippen LogP contribution in [0.25, 0.3) is 0 Å². The van der Waals surface area contributed by atoms with E-state index in [1.54, 1.807) is 0 Å². The van der Waals surface area contributed by atoms with E-state index in [-0.39, 0.29) is 5.78 Å². The van der Waals surface area contributed by atoms with Crippen molar-refractivity contribution in [2.75, 3.05) is 7.11 Å². The smallest absolute Gasteiger partial charge is 0.247 e. The van der Waals surface area contributed by atoms with Crippen LogP contribution >= 0.6 is 0 Å². The zero-order valence-corrected chi connectivity index (χ0v) is 12.5. The number of ketones is 1. The summed E-state index contributed by atoms with van der Waals surface area (Å²) < 4.78 is 5.19. The molecule has 1 aromatic rings. The number of methoxy groups -OCH3 is 1. The van der Waals surface area contributed by atoms with Crippen LogP contribution in [0.1, 0.15) is 31.7 Å². The highest BCUT2D eigenvalue weighted by atomic mass is 16.5. The van der Waals surface area contributed by atoms with Gasteiger partial charge >= 0.3 is 0 Å². The summed E-state index contributed by atoms with van der Waals surface area (Å²) in [5.41, 5.74) is -0.113. The quantitative estimate of drug-likeness (QED) is 0.846. The van der Waals surface area contributed by atoms with E-state index in [0.29, 0.717) is 24.2 Å². The highest BCUT2D eigenvalue weighted by molar-refractivity contribution is 6.14. The van der Waals surface area contributed by atoms with Crippen LogP contribution in [0.5, 0.6) is 0 Å². The number of benzene rings is 1. The Kier molecular flexibility index (Phi) is 4.82. The highest BCUT2D eigenvalue weighted by Gasteiger charge is 2.53. The van der Waals surface area contributed by atoms with Crippen molar-refractivity contribution in [2.24, 2.45) is 0 Å². The first-order valence-corrected chi connectivity index (χ1v) is 7.22. The molecule has 0 spiro atoms. The summed E-state index contributed by atoms with van der Waals surface area (Å²) in [6.45, 7) is 2.06. The fourth-order valence-electron chi connectivity index (χ4n) is 2.42. The normalized spacial score (nSPS) is 20.6. The van der Waals surface area contributed by atoms with Crippen molar-refractivity contribution in [3.63, 3.8) is 0 Å². The van der Waals surface area contributed by atoms with E-state index >= 15 is 0 Å². The van der Waals surface area contributed by atoms with Crippen LogP contribution in [0.3, 0.4) is 0 Å². The molecule has 2 rings (SSSR count). The van der Waals surface area contributed by atoms with Gasteiger partial charge < -0.3 is 9.84 Å². The Labute approximate surface area is 125 Å². The Bertz CT molecular complexity index is 604. The third kappa shape index (κ3) is 3.01. The molecule has 1 N–H and O–H groups in total. The minimum atomic E-state index is -1.74. The van der Waals surface area contributed by atoms with Crippen molar-refractivity contribution in [3.05, 3.63) is 47.2 Å². The van der Waals surface area contributed by atoms with Crippen molar-refractivity contribution in [2.45, 2.75) is 38.2 Å². The molecule has 3 nitrogen and oxygen atoms in total. The maximum absolute atomic E-state index is 12.1. The summed E-state index contributed by atoms with van der Waals surface area (Å²) in [6.07, 6.45) is 3.03. The average molecular weight is 284 g/mol. The second-order valence-corrected chi connectivity index (χ2v) is 5.12. The number of aliphatic hydroxyl groups is 1. The molecule has 0 radical (unpaired) electrons. The Morgan fingerprint density at radius 2 is 2.00 bits per heavy atom. The van der Waals surface area contributed by atoms with Gasteiger partial charge in [-0.25, -0.2) is 0 Å². The van der Waals surface area contributed by atoms with Gasteiger partial charge in [0.15, 0.2) is 5.76 Å². The first-order chi connectivity index (χ1) is 10.1. The topological polar surface area (TPSA) is 46.5 Å². The van der Waals surface area contributed by atoms with Gasteiger partial charge in [0.2, 0.25) is 11.4 Å². The molecule has 21 heavy (non-hydrogen) atoms. The van der Waals surface area contributed by atoms with Crippen LogP contribution in [0.2, 0.25) is 0 Å². The number of Topliss-reactive ketones (excluding diaryl/α,β-unsaturated/α-hetero) is 1. The Morgan fingerprint density at radius 3 is 2.62 bits per heavy atom. The molecule has 0 saturated carbocycles. The second-order valence-electron chi connectivity index (χ2n) is 5.12. The molecule has 1 unspecified atom stereocenters. The lowest BCUT2D eigenvalue weighted by Crippen LogP contribution is -2.50. The molecular weight excluding hydrogens is 264 g/mol. The molecule has 1 aliphatic rings. The number of rotatable bonds is 5. The van der Waals surface area contributed by atoms with E-state index < -0.39 is 5.60 Å². The Hall–Kier alpha value is -2.05. The van der Waals surface area contributed by atoms with Gasteiger partial charge in [-0.15, -0.1) is 0 Å². The number of hydrogen-bond donors (Lipinski definition) is 1. The fraction of sp³-hybridized carbons (Fsp3) is 0.389. The SMILES string of the molecule is CCCCC1=C(OC)C(O)(C#CCc2ccccc2)C1=O. The van der Waals surface area contributed by atoms with Crippen LogP contribution in [0.4, 0.5) is 0 Å². The van der Waals surface area contributed by atoms with Crippen molar-refractivity contribution < 1.29 is 14.6 Å². The molecule has 0 aromatic heterocycles. The van der Waals surface area contributed by atoms with Gasteiger partial charge in [0.05, 0.1) is 7.11 Å². The monoisotopic (exact) mass is 284 g/mol. The molecule has 1 aliphatic carbocycles. The molecule has 0 heterocycles. The molecule has 3 heteroatoms. The molecule has 0 amide bonds. The van der Waals surface area contributed by atoms with E-state index in [9.17, 15) is 9.90 Å². The largest absolute Gasteiger partial charge is 0.496 e. The second kappa shape index (κ2) is 6.60. The maximum Gasteiger partial charge on any atom is 0.247 e. The van der Waals surface area contributed by atoms with E-state index in [1.165, 1.54) is 7.11 Å². The minimum Gasteiger partial charge on any atom is -0.496 e. The number of carbonyl (C=O) groups is 1. The van der Waals surface area contributed by atoms with Gasteiger partial charge in [-0.05, 0) is 18.4 Å². The third-order valence-corrected chi connectivity index (χ3v) is 3.59. The van der Waals surface area contributed by atoms with E-state index in [0.717, 1.165) is 18.4 Å². The summed E-state index contributed by atoms with van der Waals surface area (Å²) in [4.78, 5) is 12.1. The molecule has 0 fully saturated rings. The number of hydrogen-bond acceptors (Lipinski definition) is 3. The average Bonchev–Trinajstić information content (AvgIpc) is 2.51. The Balaban J connectivity index is 2.13. The predicted molar refractivity (Wildman–Crippen MR) is 81.4 cm³/mol. The summed E-state index contributed by atoms with van der Waals surface area (Å²) in [6, 6.07) is 9.72. The van der Waals surface area contributed by atoms with Crippen molar-refractivity contribution in [3.8, 4) is 11.8 Å². The Morgan fingerprint density at radius 1 is 1.29 bits per heavy atom. The summed E-state index contributed by atoms with van der Waals surface area (Å²) in [5.74, 6) is 5.56. The summed E-state index contributed by atoms with van der Waals surface area (Å²) in [5, 5.41) is 10.4. The molecule has 0 saturated heterocycles. The number of ether oxygens (including phenoxy) is 1. The van der Waals surface area contributed by atoms with Gasteiger partial charge in [-0.1, -0.05) is 55.5 Å². The van der Waals surface area contributed by atoms with Crippen LogP contribution < -0.4 is 0 Å². The van der Waals surface area contributed by atoms with Crippen LogP contribution in [-0.4, -0.2) is 23.6 Å². The minimum absolute atomic E-state index is 0.312. The van der Waals surface area contributed by atoms with Gasteiger partial charge in [0, 0.05) is 12.0 Å². The predicted octanol–water partition coefficient (Wildman–Crippen LogP) is 2.64. The van der Waals surface area contributed by atoms with E-state index in [1.807, 2.05) is 30.3 Å². The van der Waals surface area contributed by atoms with Gasteiger partial charge in [-0.3, -0.25) is 4.79 Å². The lowest BCUT2D eigenvalue weighted by atomic mass is 9.76. The van der Waals surface area contributed by atoms with E-state index in [2.05, 4.69) is 18.8 Å². The molecular formula is C18H20O3. The molecule has 0 bridgehead atoms. The lowest BCUT2D eigenvalue weighted by molar-refractivity contribution is -0.133. The maximum atomic E-state index is 12.1. The van der Waals surface area contributed by atoms with Crippen molar-refractivity contribution in [1.29, 1.82) is 0 Å². The molecule has 1 aromatic carbocycles. The molecule has 1 atom stereocenters. The summed E-state index contributed by atoms with van der Waals surface area (Å²) in [7, 11) is 1.47. The highest BCUT2D eigenvalue weighted by Crippen LogP contribution is 2.37. The zero-order chi connectivity index (χ0) is 15.3. The van der Waals surface area contributed by atoms with Crippen molar-refractivity contribution >= 4 is 5.78 Å². The first kappa shape index (κ1) is 15.3. The van der Waals surface area contributed by atoms with E-state index in [4.69, 9.17) is 4.74 Å². The van der Waals surface area contributed by atoms with Crippen LogP contribution in [-0.2, 0) is 16.0 Å². The van der Waals surface area contributed by atoms with Crippen LogP contribution in [0.15, 0.2) is 41.7 Å². The third-order valence-electron chi connectivity index (χ3n) is 3.59. The van der Waals surface area contributed by atoms with Crippen LogP contribution in [0, 0.1) is 11.8 Å². The van der Waals surface area contributed by atoms with Crippen molar-refractivity contribution in [1.82, 2.24) is 0 Å². The zero-order valence-electron chi connectivity index (χ0n) is 12.5. The van der Waals surface area contributed by atoms with Gasteiger partial charge in [-0.2, -0.15) is 0 Å². The van der Waals surface area contributed by atoms with Gasteiger partial charge in [0.25, 0.3) is 0 Å². The van der Waals surface area contributed by atoms with Gasteiger partial charge in [0.1, 0.15) is 0 Å². The number of carbonyl (C=O) groups excluding carboxylic acids is 1. The first-order valence-electron chi connectivity index (χ1n) is 7.22. The number of unbranched alkanes of at least 4 members (excludes halogenated alkanes) is 1.